The Morgan fingerprint density at radius 3 is 2.68 bits per heavy atom. The number of carbonyl (C=O) groups is 2. The Balaban J connectivity index is 1.93. The zero-order valence-electron chi connectivity index (χ0n) is 14.5. The van der Waals surface area contributed by atoms with Crippen molar-refractivity contribution < 1.29 is 23.5 Å². The van der Waals surface area contributed by atoms with Crippen LogP contribution < -0.4 is 10.1 Å². The molecular formula is C19H21NO5. The fourth-order valence-corrected chi connectivity index (χ4v) is 2.08. The average molecular weight is 343 g/mol. The van der Waals surface area contributed by atoms with E-state index < -0.39 is 11.9 Å². The molecule has 1 aromatic carbocycles. The van der Waals surface area contributed by atoms with E-state index in [4.69, 9.17) is 13.9 Å². The summed E-state index contributed by atoms with van der Waals surface area (Å²) in [6.45, 7) is 5.76. The van der Waals surface area contributed by atoms with E-state index in [1.54, 1.807) is 26.0 Å². The van der Waals surface area contributed by atoms with Crippen molar-refractivity contribution >= 4 is 11.9 Å². The summed E-state index contributed by atoms with van der Waals surface area (Å²) in [5.74, 6) is 0.478. The van der Waals surface area contributed by atoms with E-state index in [0.717, 1.165) is 11.3 Å². The number of benzene rings is 1. The minimum absolute atomic E-state index is 0.139. The van der Waals surface area contributed by atoms with Crippen LogP contribution in [-0.4, -0.2) is 18.5 Å². The Hall–Kier alpha value is -3.02. The van der Waals surface area contributed by atoms with Crippen LogP contribution in [0, 0.1) is 6.92 Å². The largest absolute Gasteiger partial charge is 0.485 e. The molecule has 0 unspecified atom stereocenters. The number of amides is 1. The number of allylic oxidation sites excluding steroid dienone is 1. The van der Waals surface area contributed by atoms with Crippen molar-refractivity contribution in [2.75, 3.05) is 6.61 Å². The van der Waals surface area contributed by atoms with Crippen LogP contribution in [0.3, 0.4) is 0 Å². The van der Waals surface area contributed by atoms with E-state index >= 15 is 0 Å². The molecule has 132 valence electrons. The highest BCUT2D eigenvalue weighted by atomic mass is 16.5. The van der Waals surface area contributed by atoms with E-state index in [0.29, 0.717) is 11.5 Å². The molecule has 25 heavy (non-hydrogen) atoms. The predicted molar refractivity (Wildman–Crippen MR) is 92.1 cm³/mol. The highest BCUT2D eigenvalue weighted by Gasteiger charge is 2.12. The lowest BCUT2D eigenvalue weighted by Gasteiger charge is -2.07. The molecule has 2 rings (SSSR count). The van der Waals surface area contributed by atoms with E-state index in [9.17, 15) is 9.59 Å². The number of hydrogen-bond acceptors (Lipinski definition) is 5. The molecule has 0 spiro atoms. The van der Waals surface area contributed by atoms with E-state index in [1.807, 2.05) is 31.2 Å². The molecule has 0 radical (unpaired) electrons. The van der Waals surface area contributed by atoms with Crippen LogP contribution in [0.5, 0.6) is 5.75 Å². The van der Waals surface area contributed by atoms with Crippen LogP contribution >= 0.6 is 0 Å². The highest BCUT2D eigenvalue weighted by Crippen LogP contribution is 2.18. The van der Waals surface area contributed by atoms with Crippen molar-refractivity contribution in [3.05, 3.63) is 65.3 Å². The number of carbonyl (C=O) groups excluding carboxylic acids is 2. The molecular weight excluding hydrogens is 322 g/mol. The molecule has 1 N–H and O–H groups in total. The lowest BCUT2D eigenvalue weighted by molar-refractivity contribution is -0.137. The van der Waals surface area contributed by atoms with Gasteiger partial charge in [0, 0.05) is 11.8 Å². The Morgan fingerprint density at radius 2 is 1.96 bits per heavy atom. The van der Waals surface area contributed by atoms with Gasteiger partial charge in [-0.3, -0.25) is 4.79 Å². The standard InChI is InChI=1S/C19H21NO5/c1-4-23-18(21)11-14(3)20-19(22)17-10-9-15(25-17)12-24-16-8-6-5-7-13(16)2/h5-11H,4,12H2,1-3H3,(H,20,22)/b14-11+. The summed E-state index contributed by atoms with van der Waals surface area (Å²) in [6, 6.07) is 10.9. The van der Waals surface area contributed by atoms with Gasteiger partial charge >= 0.3 is 5.97 Å². The fourth-order valence-electron chi connectivity index (χ4n) is 2.08. The van der Waals surface area contributed by atoms with E-state index in [2.05, 4.69) is 5.32 Å². The molecule has 0 saturated carbocycles. The third kappa shape index (κ3) is 5.53. The Labute approximate surface area is 146 Å². The molecule has 0 bridgehead atoms. The third-order valence-corrected chi connectivity index (χ3v) is 3.28. The number of para-hydroxylation sites is 1. The van der Waals surface area contributed by atoms with Crippen LogP contribution in [0.1, 0.15) is 35.7 Å². The zero-order chi connectivity index (χ0) is 18.2. The number of rotatable bonds is 7. The molecule has 0 atom stereocenters. The summed E-state index contributed by atoms with van der Waals surface area (Å²) in [4.78, 5) is 23.4. The van der Waals surface area contributed by atoms with Crippen LogP contribution in [0.15, 0.2) is 52.6 Å². The van der Waals surface area contributed by atoms with Crippen molar-refractivity contribution in [3.8, 4) is 5.75 Å². The third-order valence-electron chi connectivity index (χ3n) is 3.28. The first-order chi connectivity index (χ1) is 12.0. The average Bonchev–Trinajstić information content (AvgIpc) is 3.03. The molecule has 0 aliphatic carbocycles. The molecule has 2 aromatic rings. The van der Waals surface area contributed by atoms with Crippen molar-refractivity contribution in [2.24, 2.45) is 0 Å². The Bertz CT molecular complexity index is 776. The maximum Gasteiger partial charge on any atom is 0.332 e. The second-order valence-electron chi connectivity index (χ2n) is 5.35. The summed E-state index contributed by atoms with van der Waals surface area (Å²) < 4.78 is 15.9. The number of nitrogens with one attached hydrogen (secondary N) is 1. The Kier molecular flexibility index (Phi) is 6.39. The lowest BCUT2D eigenvalue weighted by atomic mass is 10.2. The molecule has 1 heterocycles. The highest BCUT2D eigenvalue weighted by molar-refractivity contribution is 5.93. The molecule has 6 nitrogen and oxygen atoms in total. The van der Waals surface area contributed by atoms with Gasteiger partial charge in [-0.2, -0.15) is 0 Å². The van der Waals surface area contributed by atoms with Gasteiger partial charge in [-0.15, -0.1) is 0 Å². The molecule has 6 heteroatoms. The number of ether oxygens (including phenoxy) is 2. The maximum absolute atomic E-state index is 12.1. The summed E-state index contributed by atoms with van der Waals surface area (Å²) in [7, 11) is 0. The topological polar surface area (TPSA) is 77.8 Å². The maximum atomic E-state index is 12.1. The van der Waals surface area contributed by atoms with Crippen LogP contribution in [0.4, 0.5) is 0 Å². The quantitative estimate of drug-likeness (QED) is 0.616. The van der Waals surface area contributed by atoms with Crippen LogP contribution in [0.25, 0.3) is 0 Å². The molecule has 0 aliphatic rings. The first-order valence-corrected chi connectivity index (χ1v) is 7.93. The minimum atomic E-state index is -0.507. The van der Waals surface area contributed by atoms with Crippen molar-refractivity contribution in [1.82, 2.24) is 5.32 Å². The molecule has 0 fully saturated rings. The number of furan rings is 1. The fraction of sp³-hybridized carbons (Fsp3) is 0.263. The van der Waals surface area contributed by atoms with E-state index in [-0.39, 0.29) is 19.0 Å². The first-order valence-electron chi connectivity index (χ1n) is 7.93. The summed E-state index contributed by atoms with van der Waals surface area (Å²) in [6.07, 6.45) is 1.21. The monoisotopic (exact) mass is 343 g/mol. The number of aryl methyl sites for hydroxylation is 1. The number of hydrogen-bond donors (Lipinski definition) is 1. The van der Waals surface area contributed by atoms with Gasteiger partial charge in [0.2, 0.25) is 0 Å². The molecule has 0 aliphatic heterocycles. The number of esters is 1. The van der Waals surface area contributed by atoms with Gasteiger partial charge in [0.1, 0.15) is 18.1 Å². The zero-order valence-corrected chi connectivity index (χ0v) is 14.5. The predicted octanol–water partition coefficient (Wildman–Crippen LogP) is 3.36. The second-order valence-corrected chi connectivity index (χ2v) is 5.35. The smallest absolute Gasteiger partial charge is 0.332 e. The van der Waals surface area contributed by atoms with Crippen molar-refractivity contribution in [1.29, 1.82) is 0 Å². The van der Waals surface area contributed by atoms with Crippen molar-refractivity contribution in [3.63, 3.8) is 0 Å². The van der Waals surface area contributed by atoms with Gasteiger partial charge in [-0.1, -0.05) is 18.2 Å². The first kappa shape index (κ1) is 18.3. The summed E-state index contributed by atoms with van der Waals surface area (Å²) >= 11 is 0. The Morgan fingerprint density at radius 1 is 1.20 bits per heavy atom. The molecule has 0 saturated heterocycles. The van der Waals surface area contributed by atoms with Gasteiger partial charge in [-0.25, -0.2) is 4.79 Å². The van der Waals surface area contributed by atoms with Gasteiger partial charge in [-0.05, 0) is 44.5 Å². The summed E-state index contributed by atoms with van der Waals surface area (Å²) in [5.41, 5.74) is 1.39. The summed E-state index contributed by atoms with van der Waals surface area (Å²) in [5, 5.41) is 2.57. The minimum Gasteiger partial charge on any atom is -0.485 e. The molecule has 1 amide bonds. The van der Waals surface area contributed by atoms with Gasteiger partial charge in [0.15, 0.2) is 5.76 Å². The SMILES string of the molecule is CCOC(=O)/C=C(\C)NC(=O)c1ccc(COc2ccccc2C)o1. The van der Waals surface area contributed by atoms with Crippen LogP contribution in [0.2, 0.25) is 0 Å². The van der Waals surface area contributed by atoms with Gasteiger partial charge in [0.25, 0.3) is 5.91 Å². The second kappa shape index (κ2) is 8.73. The lowest BCUT2D eigenvalue weighted by Crippen LogP contribution is -2.21. The van der Waals surface area contributed by atoms with Crippen LogP contribution in [-0.2, 0) is 16.1 Å². The van der Waals surface area contributed by atoms with Crippen molar-refractivity contribution in [2.45, 2.75) is 27.4 Å². The van der Waals surface area contributed by atoms with E-state index in [1.165, 1.54) is 6.08 Å². The molecule has 1 aromatic heterocycles. The van der Waals surface area contributed by atoms with Gasteiger partial charge < -0.3 is 19.2 Å². The van der Waals surface area contributed by atoms with Gasteiger partial charge in [0.05, 0.1) is 6.61 Å². The normalized spacial score (nSPS) is 11.1.